The average Bonchev–Trinajstić information content (AvgIpc) is 2.64. The zero-order chi connectivity index (χ0) is 18.6. The van der Waals surface area contributed by atoms with Gasteiger partial charge in [-0.25, -0.2) is 4.39 Å². The Morgan fingerprint density at radius 1 is 1.19 bits per heavy atom. The van der Waals surface area contributed by atoms with Gasteiger partial charge in [-0.15, -0.1) is 0 Å². The van der Waals surface area contributed by atoms with E-state index in [1.807, 2.05) is 0 Å². The minimum atomic E-state index is -0.380. The SMILES string of the molecule is CC(C)(CNC(=O)COc1cccc(F)c1)N1CCc2ccccc2C1. The average molecular weight is 356 g/mol. The fourth-order valence-electron chi connectivity index (χ4n) is 3.20. The van der Waals surface area contributed by atoms with E-state index >= 15 is 0 Å². The van der Waals surface area contributed by atoms with Crippen molar-refractivity contribution in [2.75, 3.05) is 19.7 Å². The molecule has 1 aliphatic rings. The molecule has 3 rings (SSSR count). The molecule has 138 valence electrons. The molecule has 1 aliphatic heterocycles. The van der Waals surface area contributed by atoms with E-state index in [0.717, 1.165) is 19.5 Å². The number of halogens is 1. The minimum Gasteiger partial charge on any atom is -0.484 e. The maximum atomic E-state index is 13.1. The van der Waals surface area contributed by atoms with Crippen molar-refractivity contribution in [1.29, 1.82) is 0 Å². The topological polar surface area (TPSA) is 41.6 Å². The van der Waals surface area contributed by atoms with Gasteiger partial charge in [0, 0.05) is 31.2 Å². The summed E-state index contributed by atoms with van der Waals surface area (Å²) in [5.41, 5.74) is 2.60. The number of rotatable bonds is 6. The summed E-state index contributed by atoms with van der Waals surface area (Å²) in [6.07, 6.45) is 1.02. The van der Waals surface area contributed by atoms with Crippen molar-refractivity contribution in [1.82, 2.24) is 10.2 Å². The molecule has 0 aliphatic carbocycles. The fraction of sp³-hybridized carbons (Fsp3) is 0.381. The number of amides is 1. The first-order valence-electron chi connectivity index (χ1n) is 8.91. The fourth-order valence-corrected chi connectivity index (χ4v) is 3.20. The third-order valence-corrected chi connectivity index (χ3v) is 4.87. The summed E-state index contributed by atoms with van der Waals surface area (Å²) in [4.78, 5) is 14.5. The van der Waals surface area contributed by atoms with Crippen molar-refractivity contribution in [3.05, 3.63) is 65.5 Å². The van der Waals surface area contributed by atoms with Gasteiger partial charge in [-0.1, -0.05) is 30.3 Å². The number of nitrogens with one attached hydrogen (secondary N) is 1. The highest BCUT2D eigenvalue weighted by molar-refractivity contribution is 5.77. The number of carbonyl (C=O) groups is 1. The van der Waals surface area contributed by atoms with E-state index in [1.54, 1.807) is 12.1 Å². The number of nitrogens with zero attached hydrogens (tertiary/aromatic N) is 1. The van der Waals surface area contributed by atoms with Crippen molar-refractivity contribution >= 4 is 5.91 Å². The highest BCUT2D eigenvalue weighted by atomic mass is 19.1. The highest BCUT2D eigenvalue weighted by Gasteiger charge is 2.30. The molecule has 0 saturated heterocycles. The summed E-state index contributed by atoms with van der Waals surface area (Å²) in [6, 6.07) is 14.3. The number of fused-ring (bicyclic) bond motifs is 1. The second kappa shape index (κ2) is 7.87. The van der Waals surface area contributed by atoms with Crippen LogP contribution in [0.1, 0.15) is 25.0 Å². The van der Waals surface area contributed by atoms with Crippen LogP contribution < -0.4 is 10.1 Å². The van der Waals surface area contributed by atoms with Crippen molar-refractivity contribution in [3.63, 3.8) is 0 Å². The zero-order valence-corrected chi connectivity index (χ0v) is 15.3. The van der Waals surface area contributed by atoms with E-state index in [2.05, 4.69) is 48.3 Å². The van der Waals surface area contributed by atoms with Gasteiger partial charge >= 0.3 is 0 Å². The van der Waals surface area contributed by atoms with Crippen LogP contribution in [0.4, 0.5) is 4.39 Å². The molecular weight excluding hydrogens is 331 g/mol. The molecule has 0 saturated carbocycles. The number of benzene rings is 2. The van der Waals surface area contributed by atoms with Crippen LogP contribution in [0.3, 0.4) is 0 Å². The molecule has 2 aromatic rings. The first-order valence-corrected chi connectivity index (χ1v) is 8.91. The maximum absolute atomic E-state index is 13.1. The largest absolute Gasteiger partial charge is 0.484 e. The second-order valence-corrected chi connectivity index (χ2v) is 7.28. The predicted molar refractivity (Wildman–Crippen MR) is 99.5 cm³/mol. The van der Waals surface area contributed by atoms with E-state index in [9.17, 15) is 9.18 Å². The van der Waals surface area contributed by atoms with Crippen LogP contribution in [0.2, 0.25) is 0 Å². The van der Waals surface area contributed by atoms with Gasteiger partial charge in [0.1, 0.15) is 11.6 Å². The zero-order valence-electron chi connectivity index (χ0n) is 15.3. The molecule has 0 radical (unpaired) electrons. The van der Waals surface area contributed by atoms with Crippen LogP contribution >= 0.6 is 0 Å². The van der Waals surface area contributed by atoms with Crippen molar-refractivity contribution in [2.24, 2.45) is 0 Å². The van der Waals surface area contributed by atoms with Gasteiger partial charge < -0.3 is 10.1 Å². The van der Waals surface area contributed by atoms with Crippen LogP contribution in [0.25, 0.3) is 0 Å². The molecule has 0 atom stereocenters. The highest BCUT2D eigenvalue weighted by Crippen LogP contribution is 2.24. The molecule has 1 heterocycles. The van der Waals surface area contributed by atoms with Crippen LogP contribution in [-0.4, -0.2) is 36.0 Å². The molecule has 1 N–H and O–H groups in total. The van der Waals surface area contributed by atoms with E-state index in [1.165, 1.54) is 23.3 Å². The Balaban J connectivity index is 1.49. The number of ether oxygens (including phenoxy) is 1. The first kappa shape index (κ1) is 18.4. The van der Waals surface area contributed by atoms with Gasteiger partial charge in [0.25, 0.3) is 5.91 Å². The van der Waals surface area contributed by atoms with Gasteiger partial charge in [0.05, 0.1) is 0 Å². The lowest BCUT2D eigenvalue weighted by molar-refractivity contribution is -0.123. The number of hydrogen-bond donors (Lipinski definition) is 1. The van der Waals surface area contributed by atoms with Gasteiger partial charge in [0.15, 0.2) is 6.61 Å². The summed E-state index contributed by atoms with van der Waals surface area (Å²) in [5.74, 6) is -0.235. The Morgan fingerprint density at radius 2 is 1.96 bits per heavy atom. The molecule has 0 fully saturated rings. The lowest BCUT2D eigenvalue weighted by Crippen LogP contribution is -2.53. The summed E-state index contributed by atoms with van der Waals surface area (Å²) >= 11 is 0. The molecular formula is C21H25FN2O2. The summed E-state index contributed by atoms with van der Waals surface area (Å²) < 4.78 is 18.5. The lowest BCUT2D eigenvalue weighted by Gasteiger charge is -2.41. The molecule has 1 amide bonds. The Morgan fingerprint density at radius 3 is 2.73 bits per heavy atom. The molecule has 0 bridgehead atoms. The third-order valence-electron chi connectivity index (χ3n) is 4.87. The monoisotopic (exact) mass is 356 g/mol. The van der Waals surface area contributed by atoms with Crippen LogP contribution in [-0.2, 0) is 17.8 Å². The van der Waals surface area contributed by atoms with Crippen molar-refractivity contribution in [3.8, 4) is 5.75 Å². The molecule has 4 nitrogen and oxygen atoms in total. The second-order valence-electron chi connectivity index (χ2n) is 7.28. The predicted octanol–water partition coefficient (Wildman–Crippen LogP) is 3.16. The third kappa shape index (κ3) is 4.61. The maximum Gasteiger partial charge on any atom is 0.258 e. The van der Waals surface area contributed by atoms with E-state index < -0.39 is 0 Å². The molecule has 0 spiro atoms. The summed E-state index contributed by atoms with van der Waals surface area (Å²) in [7, 11) is 0. The number of carbonyl (C=O) groups excluding carboxylic acids is 1. The van der Waals surface area contributed by atoms with Gasteiger partial charge in [-0.05, 0) is 43.5 Å². The Hall–Kier alpha value is -2.40. The molecule has 26 heavy (non-hydrogen) atoms. The Bertz CT molecular complexity index is 776. The van der Waals surface area contributed by atoms with Crippen LogP contribution in [0, 0.1) is 5.82 Å². The van der Waals surface area contributed by atoms with E-state index in [-0.39, 0.29) is 23.9 Å². The van der Waals surface area contributed by atoms with Crippen LogP contribution in [0.5, 0.6) is 5.75 Å². The Kier molecular flexibility index (Phi) is 5.57. The lowest BCUT2D eigenvalue weighted by atomic mass is 9.94. The summed E-state index contributed by atoms with van der Waals surface area (Å²) in [6.45, 7) is 6.53. The minimum absolute atomic E-state index is 0.123. The molecule has 0 unspecified atom stereocenters. The Labute approximate surface area is 154 Å². The first-order chi connectivity index (χ1) is 12.4. The van der Waals surface area contributed by atoms with E-state index in [0.29, 0.717) is 12.3 Å². The molecule has 0 aromatic heterocycles. The standard InChI is InChI=1S/C21H25FN2O2/c1-21(2,24-11-10-16-6-3-4-7-17(16)13-24)15-23-20(25)14-26-19-9-5-8-18(22)12-19/h3-9,12H,10-11,13-15H2,1-2H3,(H,23,25). The van der Waals surface area contributed by atoms with E-state index in [4.69, 9.17) is 4.74 Å². The summed E-state index contributed by atoms with van der Waals surface area (Å²) in [5, 5.41) is 2.93. The normalized spacial score (nSPS) is 14.6. The van der Waals surface area contributed by atoms with Gasteiger partial charge in [-0.3, -0.25) is 9.69 Å². The van der Waals surface area contributed by atoms with Crippen molar-refractivity contribution in [2.45, 2.75) is 32.4 Å². The van der Waals surface area contributed by atoms with Crippen LogP contribution in [0.15, 0.2) is 48.5 Å². The van der Waals surface area contributed by atoms with Crippen molar-refractivity contribution < 1.29 is 13.9 Å². The van der Waals surface area contributed by atoms with Gasteiger partial charge in [-0.2, -0.15) is 0 Å². The van der Waals surface area contributed by atoms with Gasteiger partial charge in [0.2, 0.25) is 0 Å². The molecule has 2 aromatic carbocycles. The molecule has 5 heteroatoms. The smallest absolute Gasteiger partial charge is 0.258 e. The number of hydrogen-bond acceptors (Lipinski definition) is 3. The quantitative estimate of drug-likeness (QED) is 0.864.